The molecule has 9 heavy (non-hydrogen) atoms. The molecule has 0 saturated carbocycles. The van der Waals surface area contributed by atoms with Crippen molar-refractivity contribution < 1.29 is 14.3 Å². The third-order valence-electron chi connectivity index (χ3n) is 1.13. The van der Waals surface area contributed by atoms with E-state index >= 15 is 0 Å². The molecule has 0 aromatic heterocycles. The molecule has 0 N–H and O–H groups in total. The number of carbonyl (C=O) groups is 2. The fourth-order valence-electron chi connectivity index (χ4n) is 0.634. The first-order valence-corrected chi connectivity index (χ1v) is 2.70. The summed E-state index contributed by atoms with van der Waals surface area (Å²) in [4.78, 5) is 20.8. The molecule has 0 aromatic carbocycles. The lowest BCUT2D eigenvalue weighted by Crippen LogP contribution is -2.04. The zero-order chi connectivity index (χ0) is 6.85. The van der Waals surface area contributed by atoms with Crippen molar-refractivity contribution >= 4 is 19.2 Å². The molecule has 0 amide bonds. The topological polar surface area (TPSA) is 43.4 Å². The van der Waals surface area contributed by atoms with Gasteiger partial charge in [0.1, 0.15) is 0 Å². The van der Waals surface area contributed by atoms with Gasteiger partial charge in [-0.15, -0.1) is 0 Å². The van der Waals surface area contributed by atoms with Gasteiger partial charge in [-0.1, -0.05) is 6.82 Å². The van der Waals surface area contributed by atoms with E-state index in [0.717, 1.165) is 0 Å². The average Bonchev–Trinajstić information content (AvgIpc) is 2.10. The van der Waals surface area contributed by atoms with Crippen LogP contribution in [0.15, 0.2) is 11.5 Å². The lowest BCUT2D eigenvalue weighted by molar-refractivity contribution is -0.150. The molecule has 0 atom stereocenters. The van der Waals surface area contributed by atoms with Crippen LogP contribution >= 0.6 is 0 Å². The summed E-state index contributed by atoms with van der Waals surface area (Å²) in [6.45, 7) is 1.80. The van der Waals surface area contributed by atoms with Crippen molar-refractivity contribution in [3.63, 3.8) is 0 Å². The minimum absolute atomic E-state index is 0.458. The highest BCUT2D eigenvalue weighted by atomic mass is 16.6. The standard InChI is InChI=1S/C5H5BO3/c1-6-3-2-4(7)9-5(3)8/h2,6H,1H3. The van der Waals surface area contributed by atoms with Gasteiger partial charge in [0.15, 0.2) is 7.28 Å². The van der Waals surface area contributed by atoms with E-state index in [1.54, 1.807) is 6.82 Å². The fraction of sp³-hybridized carbons (Fsp3) is 0.200. The van der Waals surface area contributed by atoms with Crippen LogP contribution in [0.3, 0.4) is 0 Å². The zero-order valence-electron chi connectivity index (χ0n) is 5.01. The average molecular weight is 124 g/mol. The molecule has 0 aromatic rings. The van der Waals surface area contributed by atoms with Crippen molar-refractivity contribution in [2.45, 2.75) is 6.82 Å². The Morgan fingerprint density at radius 1 is 1.56 bits per heavy atom. The van der Waals surface area contributed by atoms with E-state index in [4.69, 9.17) is 0 Å². The number of cyclic esters (lactones) is 2. The van der Waals surface area contributed by atoms with E-state index in [9.17, 15) is 9.59 Å². The van der Waals surface area contributed by atoms with Gasteiger partial charge in [0, 0.05) is 11.5 Å². The van der Waals surface area contributed by atoms with Crippen molar-refractivity contribution in [1.82, 2.24) is 0 Å². The van der Waals surface area contributed by atoms with Crippen LogP contribution in [0.5, 0.6) is 0 Å². The van der Waals surface area contributed by atoms with Crippen LogP contribution in [-0.2, 0) is 14.3 Å². The Labute approximate surface area is 52.9 Å². The van der Waals surface area contributed by atoms with Gasteiger partial charge in [-0.3, -0.25) is 0 Å². The van der Waals surface area contributed by atoms with Crippen molar-refractivity contribution in [2.24, 2.45) is 0 Å². The predicted octanol–water partition coefficient (Wildman–Crippen LogP) is -0.562. The molecule has 0 fully saturated rings. The summed E-state index contributed by atoms with van der Waals surface area (Å²) in [5.41, 5.74) is 0.458. The molecule has 46 valence electrons. The SMILES string of the molecule is CBC1=CC(=O)OC1=O. The Morgan fingerprint density at radius 2 is 2.22 bits per heavy atom. The van der Waals surface area contributed by atoms with E-state index in [2.05, 4.69) is 4.74 Å². The number of ether oxygens (including phenoxy) is 1. The van der Waals surface area contributed by atoms with E-state index in [0.29, 0.717) is 12.8 Å². The molecule has 4 heteroatoms. The van der Waals surface area contributed by atoms with Crippen molar-refractivity contribution in [3.8, 4) is 0 Å². The number of hydrogen-bond acceptors (Lipinski definition) is 3. The van der Waals surface area contributed by atoms with Crippen molar-refractivity contribution in [3.05, 3.63) is 11.5 Å². The molecule has 3 nitrogen and oxygen atoms in total. The summed E-state index contributed by atoms with van der Waals surface area (Å²) in [6.07, 6.45) is 1.22. The Bertz CT molecular complexity index is 194. The quantitative estimate of drug-likeness (QED) is 0.267. The van der Waals surface area contributed by atoms with Gasteiger partial charge in [0.2, 0.25) is 0 Å². The van der Waals surface area contributed by atoms with Crippen LogP contribution in [0.1, 0.15) is 0 Å². The lowest BCUT2D eigenvalue weighted by atomic mass is 9.73. The molecule has 0 unspecified atom stereocenters. The summed E-state index contributed by atoms with van der Waals surface area (Å²) in [5, 5.41) is 0. The summed E-state index contributed by atoms with van der Waals surface area (Å²) in [7, 11) is 0.560. The second-order valence-electron chi connectivity index (χ2n) is 1.73. The van der Waals surface area contributed by atoms with Crippen LogP contribution in [0.4, 0.5) is 0 Å². The van der Waals surface area contributed by atoms with Gasteiger partial charge in [-0.25, -0.2) is 9.59 Å². The number of rotatable bonds is 1. The van der Waals surface area contributed by atoms with Gasteiger partial charge >= 0.3 is 11.9 Å². The Kier molecular flexibility index (Phi) is 1.38. The van der Waals surface area contributed by atoms with E-state index in [1.165, 1.54) is 6.08 Å². The van der Waals surface area contributed by atoms with Crippen LogP contribution in [-0.4, -0.2) is 19.2 Å². The van der Waals surface area contributed by atoms with Crippen LogP contribution in [0.25, 0.3) is 0 Å². The Hall–Kier alpha value is -1.06. The Balaban J connectivity index is 2.80. The molecule has 0 radical (unpaired) electrons. The first-order chi connectivity index (χ1) is 4.24. The molecule has 0 aliphatic carbocycles. The van der Waals surface area contributed by atoms with Gasteiger partial charge in [0.05, 0.1) is 0 Å². The van der Waals surface area contributed by atoms with Gasteiger partial charge in [-0.2, -0.15) is 0 Å². The fourth-order valence-corrected chi connectivity index (χ4v) is 0.634. The maximum absolute atomic E-state index is 10.5. The van der Waals surface area contributed by atoms with Crippen LogP contribution < -0.4 is 0 Å². The van der Waals surface area contributed by atoms with E-state index < -0.39 is 11.9 Å². The van der Waals surface area contributed by atoms with Gasteiger partial charge < -0.3 is 4.74 Å². The first kappa shape index (κ1) is 6.07. The van der Waals surface area contributed by atoms with E-state index in [1.807, 2.05) is 0 Å². The van der Waals surface area contributed by atoms with Crippen molar-refractivity contribution in [2.75, 3.05) is 0 Å². The molecule has 0 saturated heterocycles. The third-order valence-corrected chi connectivity index (χ3v) is 1.13. The molecule has 1 aliphatic heterocycles. The second kappa shape index (κ2) is 2.05. The number of carbonyl (C=O) groups excluding carboxylic acids is 2. The maximum Gasteiger partial charge on any atom is 0.338 e. The smallest absolute Gasteiger partial charge is 0.338 e. The molecular weight excluding hydrogens is 119 g/mol. The van der Waals surface area contributed by atoms with Crippen LogP contribution in [0.2, 0.25) is 6.82 Å². The summed E-state index contributed by atoms with van der Waals surface area (Å²) >= 11 is 0. The van der Waals surface area contributed by atoms with Gasteiger partial charge in [0.25, 0.3) is 0 Å². The molecule has 1 rings (SSSR count). The van der Waals surface area contributed by atoms with E-state index in [-0.39, 0.29) is 0 Å². The lowest BCUT2D eigenvalue weighted by Gasteiger charge is -1.87. The summed E-state index contributed by atoms with van der Waals surface area (Å²) < 4.78 is 4.19. The normalized spacial score (nSPS) is 17.2. The molecule has 0 spiro atoms. The highest BCUT2D eigenvalue weighted by Crippen LogP contribution is 2.05. The first-order valence-electron chi connectivity index (χ1n) is 2.70. The monoisotopic (exact) mass is 124 g/mol. The summed E-state index contributed by atoms with van der Waals surface area (Å²) in [5.74, 6) is -1.04. The number of esters is 2. The highest BCUT2D eigenvalue weighted by molar-refractivity contribution is 6.54. The molecule has 1 aliphatic rings. The van der Waals surface area contributed by atoms with Gasteiger partial charge in [-0.05, 0) is 0 Å². The molecular formula is C5H5BO3. The minimum Gasteiger partial charge on any atom is -0.387 e. The van der Waals surface area contributed by atoms with Crippen LogP contribution in [0, 0.1) is 0 Å². The summed E-state index contributed by atoms with van der Waals surface area (Å²) in [6, 6.07) is 0. The maximum atomic E-state index is 10.5. The largest absolute Gasteiger partial charge is 0.387 e. The molecule has 0 bridgehead atoms. The second-order valence-corrected chi connectivity index (χ2v) is 1.73. The minimum atomic E-state index is -0.545. The number of hydrogen-bond donors (Lipinski definition) is 0. The highest BCUT2D eigenvalue weighted by Gasteiger charge is 2.21. The zero-order valence-corrected chi connectivity index (χ0v) is 5.01. The Morgan fingerprint density at radius 3 is 2.44 bits per heavy atom. The predicted molar refractivity (Wildman–Crippen MR) is 32.2 cm³/mol. The molecule has 1 heterocycles. The van der Waals surface area contributed by atoms with Crippen molar-refractivity contribution in [1.29, 1.82) is 0 Å². The third kappa shape index (κ3) is 1.01.